The third-order valence-corrected chi connectivity index (χ3v) is 8.64. The Morgan fingerprint density at radius 3 is 2.80 bits per heavy atom. The van der Waals surface area contributed by atoms with Crippen LogP contribution in [0, 0.1) is 11.6 Å². The highest BCUT2D eigenvalue weighted by atomic mass is 19.1. The predicted octanol–water partition coefficient (Wildman–Crippen LogP) is 4.40. The molecule has 0 aliphatic carbocycles. The molecule has 1 N–H and O–H groups in total. The van der Waals surface area contributed by atoms with Crippen LogP contribution in [0.3, 0.4) is 0 Å². The fraction of sp³-hybridized carbons (Fsp3) is 0.250. The first-order valence-electron chi connectivity index (χ1n) is 14.8. The zero-order valence-corrected chi connectivity index (χ0v) is 24.3. The molecule has 0 saturated carbocycles. The van der Waals surface area contributed by atoms with E-state index in [4.69, 9.17) is 4.98 Å². The van der Waals surface area contributed by atoms with Crippen molar-refractivity contribution in [3.05, 3.63) is 85.3 Å². The molecule has 2 atom stereocenters. The van der Waals surface area contributed by atoms with E-state index in [0.717, 1.165) is 34.8 Å². The van der Waals surface area contributed by atoms with Crippen LogP contribution in [0.5, 0.6) is 0 Å². The number of carbonyl (C=O) groups is 1. The Kier molecular flexibility index (Phi) is 6.39. The molecule has 226 valence electrons. The van der Waals surface area contributed by atoms with Gasteiger partial charge in [-0.2, -0.15) is 0 Å². The molecule has 6 heterocycles. The molecule has 2 aliphatic rings. The van der Waals surface area contributed by atoms with Crippen LogP contribution < -0.4 is 10.2 Å². The van der Waals surface area contributed by atoms with Gasteiger partial charge in [-0.05, 0) is 31.0 Å². The summed E-state index contributed by atoms with van der Waals surface area (Å²) < 4.78 is 32.2. The van der Waals surface area contributed by atoms with Crippen LogP contribution in [0.15, 0.2) is 73.7 Å². The first kappa shape index (κ1) is 27.1. The summed E-state index contributed by atoms with van der Waals surface area (Å²) in [4.78, 5) is 41.0. The molecule has 13 heteroatoms. The lowest BCUT2D eigenvalue weighted by molar-refractivity contribution is -0.131. The number of hydrogen-bond donors (Lipinski definition) is 1. The Morgan fingerprint density at radius 1 is 1.00 bits per heavy atom. The molecule has 0 unspecified atom stereocenters. The number of nitrogens with zero attached hydrogens (tertiary/aromatic N) is 9. The van der Waals surface area contributed by atoms with Crippen molar-refractivity contribution in [3.8, 4) is 22.6 Å². The van der Waals surface area contributed by atoms with Gasteiger partial charge in [0, 0.05) is 56.7 Å². The monoisotopic (exact) mass is 606 g/mol. The number of aromatic nitrogens is 7. The molecular formula is C32H28F2N10O. The van der Waals surface area contributed by atoms with Crippen LogP contribution in [0.1, 0.15) is 12.8 Å². The molecule has 11 nitrogen and oxygen atoms in total. The summed E-state index contributed by atoms with van der Waals surface area (Å²) in [7, 11) is 1.83. The van der Waals surface area contributed by atoms with Gasteiger partial charge in [0.2, 0.25) is 5.91 Å². The van der Waals surface area contributed by atoms with Crippen LogP contribution in [-0.2, 0) is 11.3 Å². The van der Waals surface area contributed by atoms with Crippen molar-refractivity contribution in [2.24, 2.45) is 0 Å². The number of anilines is 2. The third-order valence-electron chi connectivity index (χ3n) is 8.64. The standard InChI is InChI=1S/C32H28F2N10O/c1-41-9-3-10-42-18-38-24-5-2-4-22(29(24)42)25-14-35-16-28(40-25)39-20-13-26(32(41)45)44(17-20)31-27-15-37-30(43(27)11-8-36-31)21-7-6-19(33)12-23(21)34/h2,4-8,11-12,14-16,18,20,26H,3,9-10,13,17H2,1H3,(H,39,40)/t20-,26-/m0/s1. The normalized spacial score (nSPS) is 18.7. The highest BCUT2D eigenvalue weighted by Crippen LogP contribution is 2.33. The number of halogens is 2. The largest absolute Gasteiger partial charge is 0.364 e. The smallest absolute Gasteiger partial charge is 0.245 e. The minimum Gasteiger partial charge on any atom is -0.364 e. The van der Waals surface area contributed by atoms with Crippen molar-refractivity contribution in [3.63, 3.8) is 0 Å². The van der Waals surface area contributed by atoms with E-state index < -0.39 is 17.7 Å². The summed E-state index contributed by atoms with van der Waals surface area (Å²) in [6.07, 6.45) is 11.4. The second-order valence-electron chi connectivity index (χ2n) is 11.5. The molecule has 1 saturated heterocycles. The number of benzene rings is 2. The van der Waals surface area contributed by atoms with Crippen molar-refractivity contribution in [2.45, 2.75) is 31.5 Å². The molecule has 8 rings (SSSR count). The van der Waals surface area contributed by atoms with Crippen molar-refractivity contribution < 1.29 is 13.6 Å². The first-order chi connectivity index (χ1) is 21.9. The number of amides is 1. The molecule has 6 aromatic rings. The highest BCUT2D eigenvalue weighted by molar-refractivity contribution is 5.91. The van der Waals surface area contributed by atoms with Crippen LogP contribution in [-0.4, -0.2) is 76.9 Å². The number of carbonyl (C=O) groups excluding carboxylic acids is 1. The Bertz CT molecular complexity index is 2090. The van der Waals surface area contributed by atoms with Gasteiger partial charge < -0.3 is 19.7 Å². The number of fused-ring (bicyclic) bond motifs is 6. The van der Waals surface area contributed by atoms with Gasteiger partial charge in [-0.15, -0.1) is 0 Å². The minimum atomic E-state index is -0.712. The number of likely N-dealkylation sites (N-methyl/N-ethyl adjacent to an activating group) is 1. The van der Waals surface area contributed by atoms with Gasteiger partial charge in [-0.3, -0.25) is 14.2 Å². The van der Waals surface area contributed by atoms with Gasteiger partial charge in [0.1, 0.15) is 34.8 Å². The number of imidazole rings is 2. The summed E-state index contributed by atoms with van der Waals surface area (Å²) in [6.45, 7) is 1.68. The first-order valence-corrected chi connectivity index (χ1v) is 14.8. The maximum absolute atomic E-state index is 14.8. The second-order valence-corrected chi connectivity index (χ2v) is 11.5. The summed E-state index contributed by atoms with van der Waals surface area (Å²) in [5.74, 6) is 0.0570. The molecule has 0 radical (unpaired) electrons. The maximum Gasteiger partial charge on any atom is 0.245 e. The fourth-order valence-corrected chi connectivity index (χ4v) is 6.53. The van der Waals surface area contributed by atoms with E-state index >= 15 is 0 Å². The zero-order valence-electron chi connectivity index (χ0n) is 24.3. The number of hydrogen-bond acceptors (Lipinski definition) is 8. The van der Waals surface area contributed by atoms with Gasteiger partial charge in [0.15, 0.2) is 5.82 Å². The van der Waals surface area contributed by atoms with Crippen molar-refractivity contribution >= 4 is 34.1 Å². The van der Waals surface area contributed by atoms with E-state index in [1.54, 1.807) is 40.3 Å². The van der Waals surface area contributed by atoms with Gasteiger partial charge in [0.05, 0.1) is 47.2 Å². The van der Waals surface area contributed by atoms with E-state index in [9.17, 15) is 13.6 Å². The maximum atomic E-state index is 14.8. The van der Waals surface area contributed by atoms with E-state index in [1.165, 1.54) is 12.1 Å². The fourth-order valence-electron chi connectivity index (χ4n) is 6.53. The van der Waals surface area contributed by atoms with Crippen molar-refractivity contribution in [1.29, 1.82) is 0 Å². The number of aryl methyl sites for hydroxylation is 1. The molecule has 2 aliphatic heterocycles. The molecule has 4 aromatic heterocycles. The highest BCUT2D eigenvalue weighted by Gasteiger charge is 2.40. The molecular weight excluding hydrogens is 578 g/mol. The van der Waals surface area contributed by atoms with E-state index in [2.05, 4.69) is 29.8 Å². The van der Waals surface area contributed by atoms with Crippen LogP contribution in [0.4, 0.5) is 20.4 Å². The van der Waals surface area contributed by atoms with Crippen LogP contribution in [0.2, 0.25) is 0 Å². The Balaban J connectivity index is 1.19. The number of nitrogens with one attached hydrogen (secondary N) is 1. The van der Waals surface area contributed by atoms with Gasteiger partial charge in [-0.25, -0.2) is 28.7 Å². The average Bonchev–Trinajstić information content (AvgIpc) is 3.78. The van der Waals surface area contributed by atoms with E-state index in [-0.39, 0.29) is 17.5 Å². The van der Waals surface area contributed by atoms with Gasteiger partial charge in [0.25, 0.3) is 0 Å². The Labute approximate surface area is 256 Å². The van der Waals surface area contributed by atoms with Crippen molar-refractivity contribution in [2.75, 3.05) is 30.4 Å². The molecule has 0 spiro atoms. The third kappa shape index (κ3) is 4.62. The lowest BCUT2D eigenvalue weighted by Gasteiger charge is -2.29. The second kappa shape index (κ2) is 10.6. The number of rotatable bonds is 2. The molecule has 45 heavy (non-hydrogen) atoms. The number of para-hydroxylation sites is 1. The summed E-state index contributed by atoms with van der Waals surface area (Å²) in [6, 6.07) is 8.71. The predicted molar refractivity (Wildman–Crippen MR) is 165 cm³/mol. The minimum absolute atomic E-state index is 0.0293. The lowest BCUT2D eigenvalue weighted by atomic mass is 10.1. The molecule has 1 amide bonds. The van der Waals surface area contributed by atoms with Crippen LogP contribution >= 0.6 is 0 Å². The average molecular weight is 607 g/mol. The van der Waals surface area contributed by atoms with E-state index in [1.807, 2.05) is 36.5 Å². The summed E-state index contributed by atoms with van der Waals surface area (Å²) in [5, 5.41) is 3.51. The van der Waals surface area contributed by atoms with Gasteiger partial charge in [-0.1, -0.05) is 12.1 Å². The summed E-state index contributed by atoms with van der Waals surface area (Å²) in [5.41, 5.74) is 4.31. The summed E-state index contributed by atoms with van der Waals surface area (Å²) >= 11 is 0. The quantitative estimate of drug-likeness (QED) is 0.309. The van der Waals surface area contributed by atoms with Gasteiger partial charge >= 0.3 is 0 Å². The Hall–Kier alpha value is -5.46. The van der Waals surface area contributed by atoms with Crippen molar-refractivity contribution in [1.82, 2.24) is 38.8 Å². The molecule has 1 fully saturated rings. The van der Waals surface area contributed by atoms with E-state index in [0.29, 0.717) is 49.0 Å². The topological polar surface area (TPSA) is 109 Å². The Morgan fingerprint density at radius 2 is 1.91 bits per heavy atom. The molecule has 4 bridgehead atoms. The van der Waals surface area contributed by atoms with Crippen LogP contribution in [0.25, 0.3) is 39.2 Å². The lowest BCUT2D eigenvalue weighted by Crippen LogP contribution is -2.45. The zero-order chi connectivity index (χ0) is 30.7. The SMILES string of the molecule is CN1CCCn2cnc3cccc(c32)-c2cncc(n2)N[C@H]2C[C@@H](C1=O)N(c1nccn3c(-c4ccc(F)cc4F)ncc13)C2. The molecule has 2 aromatic carbocycles.